The smallest absolute Gasteiger partial charge is 0.329 e. The Morgan fingerprint density at radius 3 is 2.68 bits per heavy atom. The minimum Gasteiger partial charge on any atom is -0.480 e. The number of carboxylic acids is 1. The third-order valence-electron chi connectivity index (χ3n) is 4.31. The Kier molecular flexibility index (Phi) is 5.66. The van der Waals surface area contributed by atoms with E-state index in [0.29, 0.717) is 0 Å². The second-order valence-corrected chi connectivity index (χ2v) is 7.66. The van der Waals surface area contributed by atoms with Gasteiger partial charge in [-0.05, 0) is 18.6 Å². The Bertz CT molecular complexity index is 912. The maximum atomic E-state index is 12.9. The van der Waals surface area contributed by atoms with Crippen LogP contribution in [0.4, 0.5) is 0 Å². The average molecular weight is 408 g/mol. The number of carbonyl (C=O) groups excluding carboxylic acids is 4. The maximum Gasteiger partial charge on any atom is 0.329 e. The number of rotatable bonds is 7. The van der Waals surface area contributed by atoms with Crippen molar-refractivity contribution < 1.29 is 38.0 Å². The molecule has 1 fully saturated rings. The van der Waals surface area contributed by atoms with E-state index >= 15 is 0 Å². The first-order chi connectivity index (χ1) is 13.3. The number of aliphatic carboxylic acids is 1. The highest BCUT2D eigenvalue weighted by atomic mass is 32.2. The van der Waals surface area contributed by atoms with Gasteiger partial charge in [0.15, 0.2) is 0 Å². The van der Waals surface area contributed by atoms with E-state index in [1.807, 2.05) is 0 Å². The van der Waals surface area contributed by atoms with Crippen molar-refractivity contribution in [2.24, 2.45) is 0 Å². The number of hydrogen-bond acceptors (Lipinski definition) is 7. The fraction of sp³-hybridized carbons (Fsp3) is 0.353. The zero-order chi connectivity index (χ0) is 20.4. The molecule has 2 unspecified atom stereocenters. The summed E-state index contributed by atoms with van der Waals surface area (Å²) in [6.07, 6.45) is 0.0289. The zero-order valence-electron chi connectivity index (χ0n) is 14.5. The quantitative estimate of drug-likeness (QED) is 0.444. The van der Waals surface area contributed by atoms with E-state index in [9.17, 15) is 28.2 Å². The summed E-state index contributed by atoms with van der Waals surface area (Å²) in [7, 11) is -1.72. The van der Waals surface area contributed by atoms with Crippen LogP contribution in [-0.4, -0.2) is 68.8 Å². The van der Waals surface area contributed by atoms with Crippen molar-refractivity contribution in [3.05, 3.63) is 29.3 Å². The number of nitrogens with zero attached hydrogens (tertiary/aromatic N) is 1. The van der Waals surface area contributed by atoms with Gasteiger partial charge in [-0.2, -0.15) is 0 Å². The normalized spacial score (nSPS) is 20.1. The van der Waals surface area contributed by atoms with Crippen LogP contribution in [0.5, 0.6) is 0 Å². The Hall–Kier alpha value is -2.92. The lowest BCUT2D eigenvalue weighted by Gasteiger charge is -2.27. The summed E-state index contributed by atoms with van der Waals surface area (Å²) in [5.74, 6) is -3.85. The molecule has 4 amide bonds. The second-order valence-electron chi connectivity index (χ2n) is 6.12. The third kappa shape index (κ3) is 3.71. The summed E-state index contributed by atoms with van der Waals surface area (Å²) in [5, 5.41) is 10.6. The lowest BCUT2D eigenvalue weighted by molar-refractivity contribution is -0.142. The van der Waals surface area contributed by atoms with Crippen molar-refractivity contribution in [3.63, 3.8) is 0 Å². The summed E-state index contributed by atoms with van der Waals surface area (Å²) >= 11 is 0. The van der Waals surface area contributed by atoms with E-state index < -0.39 is 53.0 Å². The van der Waals surface area contributed by atoms with Gasteiger partial charge in [0.2, 0.25) is 11.8 Å². The van der Waals surface area contributed by atoms with Crippen molar-refractivity contribution in [1.82, 2.24) is 10.2 Å². The van der Waals surface area contributed by atoms with E-state index in [-0.39, 0.29) is 41.2 Å². The lowest BCUT2D eigenvalue weighted by atomic mass is 10.0. The van der Waals surface area contributed by atoms with Crippen LogP contribution in [0.25, 0.3) is 0 Å². The molecule has 11 heteroatoms. The minimum absolute atomic E-state index is 0.00349. The lowest BCUT2D eigenvalue weighted by Crippen LogP contribution is -2.54. The van der Waals surface area contributed by atoms with Gasteiger partial charge >= 0.3 is 5.97 Å². The molecule has 0 spiro atoms. The molecule has 0 saturated carbocycles. The van der Waals surface area contributed by atoms with Crippen LogP contribution < -0.4 is 5.32 Å². The van der Waals surface area contributed by atoms with Crippen molar-refractivity contribution in [2.75, 3.05) is 19.0 Å². The van der Waals surface area contributed by atoms with Crippen LogP contribution in [0.15, 0.2) is 23.1 Å². The minimum atomic E-state index is -1.72. The van der Waals surface area contributed by atoms with Gasteiger partial charge in [-0.3, -0.25) is 33.6 Å². The first-order valence-corrected chi connectivity index (χ1v) is 9.65. The number of carbonyl (C=O) groups is 5. The molecular formula is C17H16N2O8S. The summed E-state index contributed by atoms with van der Waals surface area (Å²) in [4.78, 5) is 60.3. The molecule has 2 aliphatic heterocycles. The van der Waals surface area contributed by atoms with E-state index in [4.69, 9.17) is 9.84 Å². The first-order valence-electron chi connectivity index (χ1n) is 8.33. The number of amides is 4. The highest BCUT2D eigenvalue weighted by Gasteiger charge is 2.45. The van der Waals surface area contributed by atoms with Crippen LogP contribution >= 0.6 is 0 Å². The standard InChI is InChI=1S/C17H16N2O8S/c20-12-5-4-10(15(23)18-12)19-16(24)9-2-1-3-11(14(9)17(19)25)28(26)7-6-27-8-13(21)22/h1-3,10H,4-8H2,(H,21,22)(H,18,20,23). The van der Waals surface area contributed by atoms with E-state index in [1.165, 1.54) is 18.2 Å². The molecule has 2 aliphatic rings. The molecule has 3 rings (SSSR count). The number of nitrogens with one attached hydrogen (secondary N) is 1. The van der Waals surface area contributed by atoms with Gasteiger partial charge in [-0.25, -0.2) is 4.79 Å². The van der Waals surface area contributed by atoms with Crippen molar-refractivity contribution in [3.8, 4) is 0 Å². The number of hydrogen-bond donors (Lipinski definition) is 2. The van der Waals surface area contributed by atoms with Gasteiger partial charge in [0, 0.05) is 6.42 Å². The summed E-state index contributed by atoms with van der Waals surface area (Å²) in [5.41, 5.74) is -0.0132. The van der Waals surface area contributed by atoms with Crippen molar-refractivity contribution in [2.45, 2.75) is 23.8 Å². The molecule has 1 aromatic rings. The topological polar surface area (TPSA) is 147 Å². The predicted octanol–water partition coefficient (Wildman–Crippen LogP) is -0.703. The molecule has 0 aromatic heterocycles. The fourth-order valence-electron chi connectivity index (χ4n) is 3.08. The average Bonchev–Trinajstić information content (AvgIpc) is 2.90. The van der Waals surface area contributed by atoms with Crippen LogP contribution in [0.2, 0.25) is 0 Å². The van der Waals surface area contributed by atoms with Gasteiger partial charge in [0.05, 0.1) is 39.2 Å². The summed E-state index contributed by atoms with van der Waals surface area (Å²) in [6, 6.07) is 3.21. The highest BCUT2D eigenvalue weighted by molar-refractivity contribution is 7.85. The van der Waals surface area contributed by atoms with Gasteiger partial charge in [-0.15, -0.1) is 0 Å². The Labute approximate surface area is 161 Å². The van der Waals surface area contributed by atoms with Crippen LogP contribution in [0.3, 0.4) is 0 Å². The molecule has 2 N–H and O–H groups in total. The first kappa shape index (κ1) is 19.8. The van der Waals surface area contributed by atoms with E-state index in [2.05, 4.69) is 5.32 Å². The maximum absolute atomic E-state index is 12.9. The highest BCUT2D eigenvalue weighted by Crippen LogP contribution is 2.31. The number of fused-ring (bicyclic) bond motifs is 1. The number of carboxylic acid groups (broad SMARTS) is 1. The van der Waals surface area contributed by atoms with Gasteiger partial charge < -0.3 is 9.84 Å². The molecular weight excluding hydrogens is 392 g/mol. The predicted molar refractivity (Wildman–Crippen MR) is 92.8 cm³/mol. The molecule has 10 nitrogen and oxygen atoms in total. The zero-order valence-corrected chi connectivity index (χ0v) is 15.3. The largest absolute Gasteiger partial charge is 0.480 e. The van der Waals surface area contributed by atoms with Crippen LogP contribution in [0.1, 0.15) is 33.6 Å². The number of piperidine rings is 1. The molecule has 0 aliphatic carbocycles. The monoisotopic (exact) mass is 408 g/mol. The van der Waals surface area contributed by atoms with Gasteiger partial charge in [0.1, 0.15) is 12.6 Å². The van der Waals surface area contributed by atoms with Gasteiger partial charge in [-0.1, -0.05) is 6.07 Å². The van der Waals surface area contributed by atoms with Crippen LogP contribution in [0, 0.1) is 0 Å². The molecule has 2 heterocycles. The molecule has 0 radical (unpaired) electrons. The van der Waals surface area contributed by atoms with Crippen molar-refractivity contribution >= 4 is 40.4 Å². The molecule has 148 valence electrons. The molecule has 2 atom stereocenters. The molecule has 1 saturated heterocycles. The summed E-state index contributed by atoms with van der Waals surface area (Å²) in [6.45, 7) is -0.646. The molecule has 0 bridgehead atoms. The number of imide groups is 2. The second kappa shape index (κ2) is 7.98. The van der Waals surface area contributed by atoms with Gasteiger partial charge in [0.25, 0.3) is 11.8 Å². The Balaban J connectivity index is 1.82. The van der Waals surface area contributed by atoms with Crippen molar-refractivity contribution in [1.29, 1.82) is 0 Å². The summed E-state index contributed by atoms with van der Waals surface area (Å²) < 4.78 is 17.4. The SMILES string of the molecule is O=C(O)COCCS(=O)c1cccc2c1C(=O)N(C1CCC(=O)NC1=O)C2=O. The molecule has 28 heavy (non-hydrogen) atoms. The van der Waals surface area contributed by atoms with E-state index in [0.717, 1.165) is 4.90 Å². The number of benzene rings is 1. The fourth-order valence-corrected chi connectivity index (χ4v) is 4.22. The Morgan fingerprint density at radius 2 is 2.00 bits per heavy atom. The number of ether oxygens (including phenoxy) is 1. The van der Waals surface area contributed by atoms with Crippen LogP contribution in [-0.2, 0) is 29.9 Å². The third-order valence-corrected chi connectivity index (χ3v) is 5.68. The Morgan fingerprint density at radius 1 is 1.25 bits per heavy atom. The molecule has 1 aromatic carbocycles. The van der Waals surface area contributed by atoms with E-state index in [1.54, 1.807) is 0 Å².